The summed E-state index contributed by atoms with van der Waals surface area (Å²) in [6.07, 6.45) is 5.83. The molecule has 1 aromatic rings. The molecular formula is C27H41NO7. The third-order valence-corrected chi connectivity index (χ3v) is 5.62. The number of Topliss-reactive ketones (excluding diaryl/α,β-unsaturated/α-hetero) is 2. The summed E-state index contributed by atoms with van der Waals surface area (Å²) in [5.74, 6) is -1.52. The Kier molecular flexibility index (Phi) is 16.3. The van der Waals surface area contributed by atoms with Gasteiger partial charge in [-0.1, -0.05) is 44.5 Å². The van der Waals surface area contributed by atoms with Crippen LogP contribution in [0.3, 0.4) is 0 Å². The first-order valence-electron chi connectivity index (χ1n) is 12.6. The predicted octanol–water partition coefficient (Wildman–Crippen LogP) is 3.99. The summed E-state index contributed by atoms with van der Waals surface area (Å²) in [5.41, 5.74) is 1.95. The van der Waals surface area contributed by atoms with E-state index in [2.05, 4.69) is 12.2 Å². The first-order chi connectivity index (χ1) is 16.8. The third-order valence-electron chi connectivity index (χ3n) is 5.62. The fraction of sp³-hybridized carbons (Fsp3) is 0.630. The van der Waals surface area contributed by atoms with E-state index in [9.17, 15) is 19.2 Å². The molecule has 196 valence electrons. The maximum absolute atomic E-state index is 12.3. The highest BCUT2D eigenvalue weighted by molar-refractivity contribution is 5.96. The molecule has 0 saturated heterocycles. The van der Waals surface area contributed by atoms with Crippen LogP contribution in [0.2, 0.25) is 0 Å². The molecule has 0 aliphatic carbocycles. The van der Waals surface area contributed by atoms with Crippen LogP contribution in [0.4, 0.5) is 0 Å². The summed E-state index contributed by atoms with van der Waals surface area (Å²) in [7, 11) is 0. The van der Waals surface area contributed by atoms with Gasteiger partial charge in [-0.05, 0) is 37.7 Å². The van der Waals surface area contributed by atoms with Crippen molar-refractivity contribution in [2.75, 3.05) is 33.0 Å². The van der Waals surface area contributed by atoms with Crippen LogP contribution >= 0.6 is 0 Å². The number of carbonyl (C=O) groups excluding carboxylic acids is 3. The molecule has 0 bridgehead atoms. The van der Waals surface area contributed by atoms with Crippen molar-refractivity contribution < 1.29 is 33.8 Å². The van der Waals surface area contributed by atoms with Gasteiger partial charge in [-0.25, -0.2) is 0 Å². The van der Waals surface area contributed by atoms with Crippen molar-refractivity contribution in [3.8, 4) is 0 Å². The maximum atomic E-state index is 12.3. The second kappa shape index (κ2) is 18.7. The van der Waals surface area contributed by atoms with Gasteiger partial charge in [0, 0.05) is 38.0 Å². The summed E-state index contributed by atoms with van der Waals surface area (Å²) in [6.45, 7) is 5.09. The van der Waals surface area contributed by atoms with Crippen molar-refractivity contribution in [3.05, 3.63) is 35.4 Å². The Morgan fingerprint density at radius 3 is 2.31 bits per heavy atom. The summed E-state index contributed by atoms with van der Waals surface area (Å²) >= 11 is 0. The largest absolute Gasteiger partial charge is 0.481 e. The average Bonchev–Trinajstić information content (AvgIpc) is 2.85. The molecule has 0 saturated carbocycles. The van der Waals surface area contributed by atoms with E-state index >= 15 is 0 Å². The Balaban J connectivity index is 1.98. The van der Waals surface area contributed by atoms with E-state index in [1.807, 2.05) is 24.3 Å². The number of nitrogens with one attached hydrogen (secondary N) is 1. The zero-order valence-corrected chi connectivity index (χ0v) is 21.2. The van der Waals surface area contributed by atoms with Crippen molar-refractivity contribution in [2.24, 2.45) is 5.92 Å². The fourth-order valence-corrected chi connectivity index (χ4v) is 3.29. The molecule has 8 heteroatoms. The highest BCUT2D eigenvalue weighted by Gasteiger charge is 2.12. The second-order valence-electron chi connectivity index (χ2n) is 8.76. The normalized spacial score (nSPS) is 11.7. The molecule has 0 aliphatic rings. The molecule has 35 heavy (non-hydrogen) atoms. The molecular weight excluding hydrogens is 450 g/mol. The van der Waals surface area contributed by atoms with E-state index < -0.39 is 11.9 Å². The Hall–Kier alpha value is -2.58. The highest BCUT2D eigenvalue weighted by Crippen LogP contribution is 2.11. The van der Waals surface area contributed by atoms with Gasteiger partial charge in [0.05, 0.1) is 19.1 Å². The molecule has 1 unspecified atom stereocenters. The van der Waals surface area contributed by atoms with Crippen LogP contribution in [-0.2, 0) is 30.3 Å². The van der Waals surface area contributed by atoms with Crippen molar-refractivity contribution in [3.63, 3.8) is 0 Å². The van der Waals surface area contributed by atoms with Crippen molar-refractivity contribution in [1.29, 1.82) is 0 Å². The van der Waals surface area contributed by atoms with E-state index in [4.69, 9.17) is 14.6 Å². The third kappa shape index (κ3) is 15.1. The lowest BCUT2D eigenvalue weighted by Gasteiger charge is -2.08. The number of carbonyl (C=O) groups is 4. The van der Waals surface area contributed by atoms with Gasteiger partial charge < -0.3 is 19.9 Å². The van der Waals surface area contributed by atoms with Crippen LogP contribution < -0.4 is 5.32 Å². The van der Waals surface area contributed by atoms with Crippen molar-refractivity contribution in [2.45, 2.75) is 71.6 Å². The molecule has 0 heterocycles. The molecule has 0 radical (unpaired) electrons. The number of carboxylic acid groups (broad SMARTS) is 1. The van der Waals surface area contributed by atoms with Gasteiger partial charge in [-0.2, -0.15) is 0 Å². The van der Waals surface area contributed by atoms with E-state index in [0.717, 1.165) is 19.3 Å². The lowest BCUT2D eigenvalue weighted by atomic mass is 10.0. The molecule has 0 spiro atoms. The van der Waals surface area contributed by atoms with Crippen molar-refractivity contribution >= 4 is 23.4 Å². The number of rotatable bonds is 21. The zero-order chi connectivity index (χ0) is 25.9. The smallest absolute Gasteiger partial charge is 0.306 e. The number of ether oxygens (including phenoxy) is 2. The van der Waals surface area contributed by atoms with E-state index in [-0.39, 0.29) is 37.1 Å². The Morgan fingerprint density at radius 2 is 1.63 bits per heavy atom. The molecule has 1 amide bonds. The molecule has 0 aliphatic heterocycles. The first kappa shape index (κ1) is 30.5. The molecule has 1 aromatic carbocycles. The Bertz CT molecular complexity index is 776. The molecule has 1 rings (SSSR count). The quantitative estimate of drug-likeness (QED) is 0.197. The van der Waals surface area contributed by atoms with Crippen LogP contribution in [0.15, 0.2) is 24.3 Å². The lowest BCUT2D eigenvalue weighted by Crippen LogP contribution is -2.29. The predicted molar refractivity (Wildman–Crippen MR) is 134 cm³/mol. The number of aliphatic carboxylic acids is 1. The average molecular weight is 492 g/mol. The summed E-state index contributed by atoms with van der Waals surface area (Å²) in [6, 6.07) is 7.78. The van der Waals surface area contributed by atoms with Crippen molar-refractivity contribution in [1.82, 2.24) is 5.32 Å². The Labute approximate surface area is 208 Å². The van der Waals surface area contributed by atoms with Gasteiger partial charge >= 0.3 is 5.97 Å². The molecule has 2 N–H and O–H groups in total. The molecule has 8 nitrogen and oxygen atoms in total. The number of amides is 1. The number of unbranched alkanes of at least 4 members (excludes halogenated alkanes) is 1. The van der Waals surface area contributed by atoms with Crippen LogP contribution in [-0.4, -0.2) is 61.5 Å². The topological polar surface area (TPSA) is 119 Å². The highest BCUT2D eigenvalue weighted by atomic mass is 16.5. The SMILES string of the molecule is CCCCc1ccc(C(=O)CCCNC(=O)COCCOCCCC(=O)CCC(C)C(=O)O)cc1. The standard InChI is InChI=1S/C27H41NO7/c1-3-4-7-22-11-13-23(14-12-22)25(30)9-5-16-28-26(31)20-35-19-18-34-17-6-8-24(29)15-10-21(2)27(32)33/h11-14,21H,3-10,15-20H2,1-2H3,(H,28,31)(H,32,33). The number of benzene rings is 1. The molecule has 1 atom stereocenters. The van der Waals surface area contributed by atoms with Gasteiger partial charge in [0.1, 0.15) is 12.4 Å². The number of aryl methyl sites for hydroxylation is 1. The maximum Gasteiger partial charge on any atom is 0.306 e. The number of hydrogen-bond donors (Lipinski definition) is 2. The number of ketones is 2. The number of carboxylic acids is 1. The van der Waals surface area contributed by atoms with Gasteiger partial charge in [0.15, 0.2) is 5.78 Å². The number of hydrogen-bond acceptors (Lipinski definition) is 6. The minimum Gasteiger partial charge on any atom is -0.481 e. The van der Waals surface area contributed by atoms with Gasteiger partial charge in [-0.15, -0.1) is 0 Å². The molecule has 0 fully saturated rings. The Morgan fingerprint density at radius 1 is 0.914 bits per heavy atom. The van der Waals surface area contributed by atoms with Crippen LogP contribution in [0, 0.1) is 5.92 Å². The van der Waals surface area contributed by atoms with E-state index in [0.29, 0.717) is 57.4 Å². The van der Waals surface area contributed by atoms with Gasteiger partial charge in [0.25, 0.3) is 0 Å². The van der Waals surface area contributed by atoms with Crippen LogP contribution in [0.25, 0.3) is 0 Å². The van der Waals surface area contributed by atoms with Crippen LogP contribution in [0.1, 0.15) is 81.1 Å². The zero-order valence-electron chi connectivity index (χ0n) is 21.2. The minimum atomic E-state index is -0.885. The van der Waals surface area contributed by atoms with Gasteiger partial charge in [-0.3, -0.25) is 19.2 Å². The first-order valence-corrected chi connectivity index (χ1v) is 12.6. The van der Waals surface area contributed by atoms with Gasteiger partial charge in [0.2, 0.25) is 5.91 Å². The molecule has 0 aromatic heterocycles. The van der Waals surface area contributed by atoms with E-state index in [1.54, 1.807) is 6.92 Å². The second-order valence-corrected chi connectivity index (χ2v) is 8.76. The monoisotopic (exact) mass is 491 g/mol. The summed E-state index contributed by atoms with van der Waals surface area (Å²) in [4.78, 5) is 46.5. The summed E-state index contributed by atoms with van der Waals surface area (Å²) < 4.78 is 10.7. The fourth-order valence-electron chi connectivity index (χ4n) is 3.29. The van der Waals surface area contributed by atoms with E-state index in [1.165, 1.54) is 5.56 Å². The minimum absolute atomic E-state index is 0.0386. The lowest BCUT2D eigenvalue weighted by molar-refractivity contribution is -0.141. The van der Waals surface area contributed by atoms with Crippen LogP contribution in [0.5, 0.6) is 0 Å². The summed E-state index contributed by atoms with van der Waals surface area (Å²) in [5, 5.41) is 11.5.